The molecule has 0 aromatic heterocycles. The largest absolute Gasteiger partial charge is 0.484 e. The first-order valence-corrected chi connectivity index (χ1v) is 11.0. The number of allylic oxidation sites excluding steroid dienone is 1. The Balaban J connectivity index is 1.52. The van der Waals surface area contributed by atoms with Gasteiger partial charge in [0, 0.05) is 0 Å². The minimum atomic E-state index is -2.72. The maximum atomic E-state index is 14.5. The van der Waals surface area contributed by atoms with E-state index in [0.717, 1.165) is 43.9 Å². The third kappa shape index (κ3) is 5.76. The van der Waals surface area contributed by atoms with Crippen molar-refractivity contribution in [3.8, 4) is 5.75 Å². The maximum absolute atomic E-state index is 14.5. The van der Waals surface area contributed by atoms with Gasteiger partial charge in [-0.2, -0.15) is 4.39 Å². The maximum Gasteiger partial charge on any atom is 0.272 e. The van der Waals surface area contributed by atoms with Gasteiger partial charge in [-0.1, -0.05) is 25.0 Å². The van der Waals surface area contributed by atoms with Crippen molar-refractivity contribution in [2.45, 2.75) is 76.6 Å². The molecule has 162 valence electrons. The van der Waals surface area contributed by atoms with Gasteiger partial charge in [-0.15, -0.1) is 6.58 Å². The average molecular weight is 413 g/mol. The summed E-state index contributed by atoms with van der Waals surface area (Å²) in [6.07, 6.45) is 10.7. The highest BCUT2D eigenvalue weighted by atomic mass is 19.3. The number of rotatable bonds is 8. The van der Waals surface area contributed by atoms with Gasteiger partial charge in [-0.05, 0) is 86.7 Å². The standard InChI is InChI=1S/C24H32F4O/c1-2-3-4-16-5-7-17(8-6-16)18-9-11-19(12-10-18)20-13-14-21(24(28)23(20)27)29-15-22(25)26/h2,13-14,16-19,22H,1,3-12,15H2. The van der Waals surface area contributed by atoms with Crippen molar-refractivity contribution in [1.82, 2.24) is 0 Å². The summed E-state index contributed by atoms with van der Waals surface area (Å²) in [4.78, 5) is 0. The zero-order valence-corrected chi connectivity index (χ0v) is 17.0. The van der Waals surface area contributed by atoms with Crippen LogP contribution in [-0.2, 0) is 0 Å². The van der Waals surface area contributed by atoms with Crippen LogP contribution in [0.15, 0.2) is 24.8 Å². The van der Waals surface area contributed by atoms with E-state index >= 15 is 0 Å². The van der Waals surface area contributed by atoms with E-state index in [0.29, 0.717) is 11.5 Å². The topological polar surface area (TPSA) is 9.23 Å². The van der Waals surface area contributed by atoms with Crippen LogP contribution in [0.2, 0.25) is 0 Å². The number of hydrogen-bond donors (Lipinski definition) is 0. The molecule has 2 aliphatic carbocycles. The van der Waals surface area contributed by atoms with Crippen LogP contribution in [0.25, 0.3) is 0 Å². The molecular weight excluding hydrogens is 380 g/mol. The van der Waals surface area contributed by atoms with Gasteiger partial charge >= 0.3 is 0 Å². The molecule has 0 spiro atoms. The van der Waals surface area contributed by atoms with Crippen LogP contribution >= 0.6 is 0 Å². The molecule has 3 rings (SSSR count). The third-order valence-electron chi connectivity index (χ3n) is 6.99. The summed E-state index contributed by atoms with van der Waals surface area (Å²) in [6, 6.07) is 2.79. The summed E-state index contributed by atoms with van der Waals surface area (Å²) >= 11 is 0. The van der Waals surface area contributed by atoms with Crippen LogP contribution in [0.1, 0.15) is 75.7 Å². The molecule has 0 N–H and O–H groups in total. The summed E-state index contributed by atoms with van der Waals surface area (Å²) in [6.45, 7) is 2.88. The molecule has 0 heterocycles. The minimum absolute atomic E-state index is 0.00571. The van der Waals surface area contributed by atoms with E-state index in [4.69, 9.17) is 0 Å². The molecule has 29 heavy (non-hydrogen) atoms. The lowest BCUT2D eigenvalue weighted by atomic mass is 9.68. The summed E-state index contributed by atoms with van der Waals surface area (Å²) in [5, 5.41) is 0. The SMILES string of the molecule is C=CCCC1CCC(C2CCC(c3ccc(OCC(F)F)c(F)c3F)CC2)CC1. The molecule has 0 radical (unpaired) electrons. The molecule has 2 saturated carbocycles. The zero-order chi connectivity index (χ0) is 20.8. The zero-order valence-electron chi connectivity index (χ0n) is 17.0. The van der Waals surface area contributed by atoms with Crippen molar-refractivity contribution in [2.24, 2.45) is 17.8 Å². The van der Waals surface area contributed by atoms with Crippen LogP contribution < -0.4 is 4.74 Å². The van der Waals surface area contributed by atoms with E-state index in [1.807, 2.05) is 6.08 Å². The van der Waals surface area contributed by atoms with E-state index in [9.17, 15) is 17.6 Å². The van der Waals surface area contributed by atoms with Gasteiger partial charge in [0.1, 0.15) is 6.61 Å². The Hall–Kier alpha value is -1.52. The smallest absolute Gasteiger partial charge is 0.272 e. The highest BCUT2D eigenvalue weighted by Gasteiger charge is 2.32. The van der Waals surface area contributed by atoms with Gasteiger partial charge in [-0.3, -0.25) is 0 Å². The summed E-state index contributed by atoms with van der Waals surface area (Å²) in [5.74, 6) is -0.243. The number of halogens is 4. The lowest BCUT2D eigenvalue weighted by molar-refractivity contribution is 0.0794. The Kier molecular flexibility index (Phi) is 8.02. The molecule has 1 nitrogen and oxygen atoms in total. The van der Waals surface area contributed by atoms with Gasteiger partial charge in [0.15, 0.2) is 11.6 Å². The van der Waals surface area contributed by atoms with Crippen molar-refractivity contribution in [2.75, 3.05) is 6.61 Å². The molecule has 0 atom stereocenters. The third-order valence-corrected chi connectivity index (χ3v) is 6.99. The first-order chi connectivity index (χ1) is 14.0. The second kappa shape index (κ2) is 10.5. The van der Waals surface area contributed by atoms with Crippen molar-refractivity contribution >= 4 is 0 Å². The predicted octanol–water partition coefficient (Wildman–Crippen LogP) is 7.66. The summed E-state index contributed by atoms with van der Waals surface area (Å²) in [7, 11) is 0. The fourth-order valence-electron chi connectivity index (χ4n) is 5.33. The number of alkyl halides is 2. The van der Waals surface area contributed by atoms with Crippen molar-refractivity contribution < 1.29 is 22.3 Å². The van der Waals surface area contributed by atoms with E-state index in [2.05, 4.69) is 11.3 Å². The second-order valence-electron chi connectivity index (χ2n) is 8.74. The van der Waals surface area contributed by atoms with Crippen LogP contribution in [0.3, 0.4) is 0 Å². The van der Waals surface area contributed by atoms with Gasteiger partial charge in [0.25, 0.3) is 6.43 Å². The molecule has 5 heteroatoms. The lowest BCUT2D eigenvalue weighted by Gasteiger charge is -2.38. The number of benzene rings is 1. The molecule has 1 aromatic rings. The fourth-order valence-corrected chi connectivity index (χ4v) is 5.33. The summed E-state index contributed by atoms with van der Waals surface area (Å²) in [5.41, 5.74) is 0.360. The van der Waals surface area contributed by atoms with Gasteiger partial charge < -0.3 is 4.74 Å². The Morgan fingerprint density at radius 2 is 1.55 bits per heavy atom. The highest BCUT2D eigenvalue weighted by Crippen LogP contribution is 2.45. The Labute approximate surface area is 171 Å². The quantitative estimate of drug-likeness (QED) is 0.315. The Morgan fingerprint density at radius 1 is 0.931 bits per heavy atom. The van der Waals surface area contributed by atoms with Crippen molar-refractivity contribution in [3.63, 3.8) is 0 Å². The molecular formula is C24H32F4O. The van der Waals surface area contributed by atoms with Crippen LogP contribution in [0, 0.1) is 29.4 Å². The first-order valence-electron chi connectivity index (χ1n) is 11.0. The van der Waals surface area contributed by atoms with E-state index in [-0.39, 0.29) is 5.92 Å². The van der Waals surface area contributed by atoms with Crippen LogP contribution in [0.4, 0.5) is 17.6 Å². The average Bonchev–Trinajstić information content (AvgIpc) is 2.74. The van der Waals surface area contributed by atoms with E-state index < -0.39 is 30.4 Å². The second-order valence-corrected chi connectivity index (χ2v) is 8.74. The monoisotopic (exact) mass is 412 g/mol. The van der Waals surface area contributed by atoms with Gasteiger partial charge in [-0.25, -0.2) is 13.2 Å². The van der Waals surface area contributed by atoms with Crippen molar-refractivity contribution in [1.29, 1.82) is 0 Å². The Bertz CT molecular complexity index is 659. The molecule has 2 aliphatic rings. The molecule has 0 bridgehead atoms. The van der Waals surface area contributed by atoms with E-state index in [1.54, 1.807) is 0 Å². The van der Waals surface area contributed by atoms with E-state index in [1.165, 1.54) is 44.2 Å². The first kappa shape index (κ1) is 22.2. The molecule has 1 aromatic carbocycles. The molecule has 0 unspecified atom stereocenters. The van der Waals surface area contributed by atoms with Gasteiger partial charge in [0.05, 0.1) is 0 Å². The number of ether oxygens (including phenoxy) is 1. The lowest BCUT2D eigenvalue weighted by Crippen LogP contribution is -2.25. The minimum Gasteiger partial charge on any atom is -0.484 e. The predicted molar refractivity (Wildman–Crippen MR) is 107 cm³/mol. The normalized spacial score (nSPS) is 27.8. The number of hydrogen-bond acceptors (Lipinski definition) is 1. The molecule has 0 aliphatic heterocycles. The fraction of sp³-hybridized carbons (Fsp3) is 0.667. The van der Waals surface area contributed by atoms with Crippen LogP contribution in [0.5, 0.6) is 5.75 Å². The summed E-state index contributed by atoms with van der Waals surface area (Å²) < 4.78 is 57.9. The Morgan fingerprint density at radius 3 is 2.14 bits per heavy atom. The molecule has 0 amide bonds. The van der Waals surface area contributed by atoms with Crippen LogP contribution in [-0.4, -0.2) is 13.0 Å². The highest BCUT2D eigenvalue weighted by molar-refractivity contribution is 5.33. The van der Waals surface area contributed by atoms with Crippen molar-refractivity contribution in [3.05, 3.63) is 42.0 Å². The molecule has 2 fully saturated rings. The van der Waals surface area contributed by atoms with Gasteiger partial charge in [0.2, 0.25) is 5.82 Å². The molecule has 0 saturated heterocycles.